The summed E-state index contributed by atoms with van der Waals surface area (Å²) < 4.78 is 25.5. The van der Waals surface area contributed by atoms with Gasteiger partial charge in [-0.25, -0.2) is 4.57 Å². The van der Waals surface area contributed by atoms with Crippen molar-refractivity contribution in [2.45, 2.75) is 52.4 Å². The minimum atomic E-state index is -3.50. The van der Waals surface area contributed by atoms with Crippen LogP contribution in [0.4, 0.5) is 0 Å². The van der Waals surface area contributed by atoms with Crippen molar-refractivity contribution >= 4 is 19.7 Å². The van der Waals surface area contributed by atoms with Crippen molar-refractivity contribution in [3.8, 4) is 0 Å². The van der Waals surface area contributed by atoms with E-state index in [4.69, 9.17) is 20.9 Å². The van der Waals surface area contributed by atoms with E-state index in [0.717, 1.165) is 12.8 Å². The first kappa shape index (κ1) is 16.4. The molecule has 0 N–H and O–H groups in total. The molecule has 0 heterocycles. The predicted molar refractivity (Wildman–Crippen MR) is 65.5 cm³/mol. The van der Waals surface area contributed by atoms with Gasteiger partial charge in [-0.05, 0) is 13.3 Å². The van der Waals surface area contributed by atoms with Crippen molar-refractivity contribution < 1.29 is 17.7 Å². The SMILES string of the molecule is CCCCCCCCOP(=O)(OCl)OCC. The molecule has 0 spiro atoms. The van der Waals surface area contributed by atoms with Crippen molar-refractivity contribution in [2.24, 2.45) is 0 Å². The lowest BCUT2D eigenvalue weighted by Crippen LogP contribution is -1.97. The summed E-state index contributed by atoms with van der Waals surface area (Å²) in [5.41, 5.74) is 0. The summed E-state index contributed by atoms with van der Waals surface area (Å²) in [6.07, 6.45) is 6.83. The van der Waals surface area contributed by atoms with E-state index in [2.05, 4.69) is 11.0 Å². The summed E-state index contributed by atoms with van der Waals surface area (Å²) in [7, 11) is -3.50. The Bertz CT molecular complexity index is 201. The fraction of sp³-hybridized carbons (Fsp3) is 1.00. The van der Waals surface area contributed by atoms with Gasteiger partial charge in [-0.15, -0.1) is 0 Å². The van der Waals surface area contributed by atoms with Gasteiger partial charge in [0.15, 0.2) is 0 Å². The lowest BCUT2D eigenvalue weighted by Gasteiger charge is -2.12. The number of phosphoric ester groups is 1. The van der Waals surface area contributed by atoms with Gasteiger partial charge in [0, 0.05) is 0 Å². The number of rotatable bonds is 11. The third-order valence-corrected chi connectivity index (χ3v) is 3.87. The Morgan fingerprint density at radius 2 is 1.62 bits per heavy atom. The third kappa shape index (κ3) is 8.54. The first-order chi connectivity index (χ1) is 7.68. The average molecular weight is 273 g/mol. The monoisotopic (exact) mass is 272 g/mol. The van der Waals surface area contributed by atoms with Crippen LogP contribution in [0.2, 0.25) is 0 Å². The van der Waals surface area contributed by atoms with Crippen LogP contribution in [0.3, 0.4) is 0 Å². The third-order valence-electron chi connectivity index (χ3n) is 2.12. The van der Waals surface area contributed by atoms with E-state index in [0.29, 0.717) is 6.61 Å². The molecule has 0 fully saturated rings. The molecule has 1 atom stereocenters. The topological polar surface area (TPSA) is 44.8 Å². The van der Waals surface area contributed by atoms with Crippen LogP contribution in [0.25, 0.3) is 0 Å². The minimum Gasteiger partial charge on any atom is -0.286 e. The maximum absolute atomic E-state index is 11.5. The summed E-state index contributed by atoms with van der Waals surface area (Å²) >= 11 is 5.06. The molecule has 0 aliphatic heterocycles. The number of unbranched alkanes of at least 4 members (excludes halogenated alkanes) is 5. The maximum atomic E-state index is 11.5. The fourth-order valence-corrected chi connectivity index (χ4v) is 2.36. The number of halogens is 1. The highest BCUT2D eigenvalue weighted by Gasteiger charge is 2.25. The van der Waals surface area contributed by atoms with Gasteiger partial charge in [0.05, 0.1) is 25.1 Å². The summed E-state index contributed by atoms with van der Waals surface area (Å²) in [4.78, 5) is 0. The Hall–Kier alpha value is 0.400. The summed E-state index contributed by atoms with van der Waals surface area (Å²) in [6, 6.07) is 0. The van der Waals surface area contributed by atoms with Crippen LogP contribution in [-0.4, -0.2) is 13.2 Å². The van der Waals surface area contributed by atoms with Gasteiger partial charge < -0.3 is 0 Å². The van der Waals surface area contributed by atoms with Crippen LogP contribution in [0.1, 0.15) is 52.4 Å². The fourth-order valence-electron chi connectivity index (χ4n) is 1.29. The smallest absolute Gasteiger partial charge is 0.286 e. The second-order valence-corrected chi connectivity index (χ2v) is 5.50. The number of phosphoric acid groups is 1. The van der Waals surface area contributed by atoms with Crippen LogP contribution in [0.5, 0.6) is 0 Å². The molecule has 0 amide bonds. The van der Waals surface area contributed by atoms with Crippen molar-refractivity contribution in [1.29, 1.82) is 0 Å². The van der Waals surface area contributed by atoms with Crippen LogP contribution < -0.4 is 0 Å². The van der Waals surface area contributed by atoms with Crippen molar-refractivity contribution in [2.75, 3.05) is 13.2 Å². The van der Waals surface area contributed by atoms with E-state index < -0.39 is 7.82 Å². The Morgan fingerprint density at radius 1 is 1.00 bits per heavy atom. The number of hydrogen-bond donors (Lipinski definition) is 0. The lowest BCUT2D eigenvalue weighted by molar-refractivity contribution is 0.162. The summed E-state index contributed by atoms with van der Waals surface area (Å²) in [5.74, 6) is 0. The summed E-state index contributed by atoms with van der Waals surface area (Å²) in [5, 5.41) is 0. The molecule has 0 aliphatic rings. The lowest BCUT2D eigenvalue weighted by atomic mass is 10.1. The van der Waals surface area contributed by atoms with Gasteiger partial charge in [-0.2, -0.15) is 4.08 Å². The van der Waals surface area contributed by atoms with E-state index in [1.807, 2.05) is 0 Å². The molecule has 0 saturated heterocycles. The van der Waals surface area contributed by atoms with Crippen LogP contribution in [0, 0.1) is 0 Å². The zero-order valence-electron chi connectivity index (χ0n) is 10.1. The molecule has 0 aromatic heterocycles. The molecule has 0 aromatic carbocycles. The molecule has 0 radical (unpaired) electrons. The molecule has 98 valence electrons. The molecule has 0 aliphatic carbocycles. The van der Waals surface area contributed by atoms with E-state index in [1.165, 1.54) is 25.7 Å². The van der Waals surface area contributed by atoms with E-state index >= 15 is 0 Å². The van der Waals surface area contributed by atoms with E-state index in [-0.39, 0.29) is 6.61 Å². The first-order valence-electron chi connectivity index (χ1n) is 5.88. The highest BCUT2D eigenvalue weighted by Crippen LogP contribution is 2.50. The number of hydrogen-bond acceptors (Lipinski definition) is 4. The second kappa shape index (κ2) is 10.5. The Kier molecular flexibility index (Phi) is 10.8. The molecule has 16 heavy (non-hydrogen) atoms. The molecule has 0 aromatic rings. The Balaban J connectivity index is 3.45. The maximum Gasteiger partial charge on any atom is 0.491 e. The van der Waals surface area contributed by atoms with Gasteiger partial charge in [-0.1, -0.05) is 39.0 Å². The van der Waals surface area contributed by atoms with Crippen LogP contribution >= 0.6 is 19.7 Å². The average Bonchev–Trinajstić information content (AvgIpc) is 2.28. The zero-order valence-corrected chi connectivity index (χ0v) is 11.8. The normalized spacial score (nSPS) is 14.9. The van der Waals surface area contributed by atoms with E-state index in [9.17, 15) is 4.57 Å². The zero-order chi connectivity index (χ0) is 12.3. The van der Waals surface area contributed by atoms with Gasteiger partial charge in [0.1, 0.15) is 0 Å². The minimum absolute atomic E-state index is 0.250. The van der Waals surface area contributed by atoms with Crippen molar-refractivity contribution in [3.63, 3.8) is 0 Å². The molecular weight excluding hydrogens is 251 g/mol. The largest absolute Gasteiger partial charge is 0.491 e. The quantitative estimate of drug-likeness (QED) is 0.405. The van der Waals surface area contributed by atoms with Gasteiger partial charge in [-0.3, -0.25) is 9.05 Å². The van der Waals surface area contributed by atoms with Crippen LogP contribution in [0.15, 0.2) is 0 Å². The van der Waals surface area contributed by atoms with Gasteiger partial charge in [0.25, 0.3) is 0 Å². The molecule has 4 nitrogen and oxygen atoms in total. The van der Waals surface area contributed by atoms with Gasteiger partial charge in [0.2, 0.25) is 0 Å². The molecule has 0 rings (SSSR count). The van der Waals surface area contributed by atoms with Crippen LogP contribution in [-0.2, 0) is 17.7 Å². The van der Waals surface area contributed by atoms with Crippen molar-refractivity contribution in [3.05, 3.63) is 0 Å². The first-order valence-corrected chi connectivity index (χ1v) is 7.65. The second-order valence-electron chi connectivity index (χ2n) is 3.53. The van der Waals surface area contributed by atoms with Gasteiger partial charge >= 0.3 is 7.82 Å². The highest BCUT2D eigenvalue weighted by atomic mass is 35.5. The molecule has 0 saturated carbocycles. The molecular formula is C10H22ClO4P. The molecule has 0 bridgehead atoms. The summed E-state index contributed by atoms with van der Waals surface area (Å²) in [6.45, 7) is 4.49. The van der Waals surface area contributed by atoms with E-state index in [1.54, 1.807) is 6.92 Å². The molecule has 1 unspecified atom stereocenters. The van der Waals surface area contributed by atoms with Crippen molar-refractivity contribution in [1.82, 2.24) is 0 Å². The molecule has 6 heteroatoms. The Labute approximate surface area is 103 Å². The Morgan fingerprint density at radius 3 is 2.19 bits per heavy atom. The highest BCUT2D eigenvalue weighted by molar-refractivity contribution is 7.49. The predicted octanol–water partition coefficient (Wildman–Crippen LogP) is 4.68. The standard InChI is InChI=1S/C10H22ClO4P/c1-3-5-6-7-8-9-10-14-16(12,15-11)13-4-2/h3-10H2,1-2H3.